The van der Waals surface area contributed by atoms with Crippen molar-refractivity contribution in [2.45, 2.75) is 34.2 Å². The monoisotopic (exact) mass is 207 g/mol. The van der Waals surface area contributed by atoms with E-state index in [2.05, 4.69) is 38.2 Å². The molecule has 0 aliphatic carbocycles. The summed E-state index contributed by atoms with van der Waals surface area (Å²) in [6, 6.07) is 4.31. The third kappa shape index (κ3) is 2.96. The molecule has 2 nitrogen and oxygen atoms in total. The van der Waals surface area contributed by atoms with Gasteiger partial charge in [-0.2, -0.15) is 0 Å². The maximum Gasteiger partial charge on any atom is 0.126 e. The van der Waals surface area contributed by atoms with Gasteiger partial charge in [-0.1, -0.05) is 19.1 Å². The molecule has 0 unspecified atom stereocenters. The maximum absolute atomic E-state index is 5.71. The van der Waals surface area contributed by atoms with Gasteiger partial charge in [-0.05, 0) is 38.4 Å². The molecule has 0 aromatic heterocycles. The minimum atomic E-state index is 0.726. The third-order valence-corrected chi connectivity index (χ3v) is 2.61. The summed E-state index contributed by atoms with van der Waals surface area (Å²) in [7, 11) is 0. The average molecular weight is 207 g/mol. The van der Waals surface area contributed by atoms with Gasteiger partial charge < -0.3 is 10.1 Å². The van der Waals surface area contributed by atoms with Crippen molar-refractivity contribution in [3.8, 4) is 5.75 Å². The number of nitrogens with one attached hydrogen (secondary N) is 1. The molecule has 0 spiro atoms. The van der Waals surface area contributed by atoms with E-state index < -0.39 is 0 Å². The first kappa shape index (κ1) is 12.1. The standard InChI is InChI=1S/C13H21NO/c1-5-14-9-12-8-7-10(3)11(4)13(12)15-6-2/h7-8,14H,5-6,9H2,1-4H3. The Morgan fingerprint density at radius 1 is 1.20 bits per heavy atom. The molecule has 0 aliphatic rings. The van der Waals surface area contributed by atoms with E-state index >= 15 is 0 Å². The SMILES string of the molecule is CCNCc1ccc(C)c(C)c1OCC. The first-order valence-corrected chi connectivity index (χ1v) is 5.63. The molecule has 1 aromatic rings. The molecule has 1 N–H and O–H groups in total. The van der Waals surface area contributed by atoms with E-state index in [9.17, 15) is 0 Å². The number of benzene rings is 1. The highest BCUT2D eigenvalue weighted by Crippen LogP contribution is 2.26. The zero-order valence-corrected chi connectivity index (χ0v) is 10.2. The van der Waals surface area contributed by atoms with Gasteiger partial charge in [0.05, 0.1) is 6.61 Å². The van der Waals surface area contributed by atoms with Crippen molar-refractivity contribution in [1.82, 2.24) is 5.32 Å². The Bertz CT molecular complexity index is 321. The lowest BCUT2D eigenvalue weighted by Gasteiger charge is -2.15. The average Bonchev–Trinajstić information content (AvgIpc) is 2.24. The van der Waals surface area contributed by atoms with E-state index in [1.165, 1.54) is 16.7 Å². The van der Waals surface area contributed by atoms with Crippen molar-refractivity contribution in [3.63, 3.8) is 0 Å². The molecule has 0 saturated heterocycles. The van der Waals surface area contributed by atoms with Crippen molar-refractivity contribution in [2.75, 3.05) is 13.2 Å². The van der Waals surface area contributed by atoms with Gasteiger partial charge in [0, 0.05) is 12.1 Å². The normalized spacial score (nSPS) is 10.4. The quantitative estimate of drug-likeness (QED) is 0.801. The van der Waals surface area contributed by atoms with E-state index in [-0.39, 0.29) is 0 Å². The summed E-state index contributed by atoms with van der Waals surface area (Å²) in [4.78, 5) is 0. The Morgan fingerprint density at radius 2 is 1.93 bits per heavy atom. The summed E-state index contributed by atoms with van der Waals surface area (Å²) < 4.78 is 5.71. The Hall–Kier alpha value is -1.02. The Kier molecular flexibility index (Phi) is 4.63. The fourth-order valence-corrected chi connectivity index (χ4v) is 1.59. The number of hydrogen-bond acceptors (Lipinski definition) is 2. The summed E-state index contributed by atoms with van der Waals surface area (Å²) in [6.07, 6.45) is 0. The van der Waals surface area contributed by atoms with Crippen molar-refractivity contribution < 1.29 is 4.74 Å². The molecule has 0 aliphatic heterocycles. The molecule has 0 saturated carbocycles. The summed E-state index contributed by atoms with van der Waals surface area (Å²) in [5.74, 6) is 1.05. The fourth-order valence-electron chi connectivity index (χ4n) is 1.59. The molecule has 0 heterocycles. The van der Waals surface area contributed by atoms with Crippen molar-refractivity contribution in [1.29, 1.82) is 0 Å². The zero-order chi connectivity index (χ0) is 11.3. The van der Waals surface area contributed by atoms with E-state index in [4.69, 9.17) is 4.74 Å². The molecule has 2 heteroatoms. The number of rotatable bonds is 5. The molecule has 1 rings (SSSR count). The number of aryl methyl sites for hydroxylation is 1. The van der Waals surface area contributed by atoms with Crippen LogP contribution in [0.4, 0.5) is 0 Å². The highest BCUT2D eigenvalue weighted by Gasteiger charge is 2.08. The first-order chi connectivity index (χ1) is 7.20. The Balaban J connectivity index is 2.97. The molecule has 84 valence electrons. The molecule has 0 fully saturated rings. The van der Waals surface area contributed by atoms with Crippen LogP contribution >= 0.6 is 0 Å². The second-order valence-electron chi connectivity index (χ2n) is 3.71. The van der Waals surface area contributed by atoms with Crippen LogP contribution in [0.25, 0.3) is 0 Å². The lowest BCUT2D eigenvalue weighted by Crippen LogP contribution is -2.13. The van der Waals surface area contributed by atoms with Gasteiger partial charge in [-0.15, -0.1) is 0 Å². The predicted octanol–water partition coefficient (Wildman–Crippen LogP) is 2.81. The summed E-state index contributed by atoms with van der Waals surface area (Å²) in [5.41, 5.74) is 3.80. The smallest absolute Gasteiger partial charge is 0.126 e. The van der Waals surface area contributed by atoms with E-state index in [0.717, 1.165) is 25.4 Å². The van der Waals surface area contributed by atoms with Gasteiger partial charge in [0.15, 0.2) is 0 Å². The van der Waals surface area contributed by atoms with Crippen LogP contribution in [0.3, 0.4) is 0 Å². The van der Waals surface area contributed by atoms with Gasteiger partial charge in [-0.25, -0.2) is 0 Å². The lowest BCUT2D eigenvalue weighted by molar-refractivity contribution is 0.333. The van der Waals surface area contributed by atoms with Gasteiger partial charge in [0.25, 0.3) is 0 Å². The molecule has 0 bridgehead atoms. The van der Waals surface area contributed by atoms with Gasteiger partial charge in [0.1, 0.15) is 5.75 Å². The van der Waals surface area contributed by atoms with Crippen LogP contribution in [0.5, 0.6) is 5.75 Å². The van der Waals surface area contributed by atoms with Crippen LogP contribution in [0.1, 0.15) is 30.5 Å². The van der Waals surface area contributed by atoms with Gasteiger partial charge in [-0.3, -0.25) is 0 Å². The van der Waals surface area contributed by atoms with Crippen LogP contribution in [0.2, 0.25) is 0 Å². The Labute approximate surface area is 92.6 Å². The molecule has 0 atom stereocenters. The second-order valence-corrected chi connectivity index (χ2v) is 3.71. The van der Waals surface area contributed by atoms with Crippen LogP contribution in [0, 0.1) is 13.8 Å². The zero-order valence-electron chi connectivity index (χ0n) is 10.2. The molecule has 1 aromatic carbocycles. The van der Waals surface area contributed by atoms with Crippen molar-refractivity contribution in [3.05, 3.63) is 28.8 Å². The highest BCUT2D eigenvalue weighted by molar-refractivity contribution is 5.45. The summed E-state index contributed by atoms with van der Waals surface area (Å²) in [6.45, 7) is 11.0. The molecule has 0 radical (unpaired) electrons. The second kappa shape index (κ2) is 5.76. The van der Waals surface area contributed by atoms with Crippen molar-refractivity contribution >= 4 is 0 Å². The molecule has 15 heavy (non-hydrogen) atoms. The summed E-state index contributed by atoms with van der Waals surface area (Å²) >= 11 is 0. The fraction of sp³-hybridized carbons (Fsp3) is 0.538. The summed E-state index contributed by atoms with van der Waals surface area (Å²) in [5, 5.41) is 3.33. The van der Waals surface area contributed by atoms with E-state index in [1.54, 1.807) is 0 Å². The van der Waals surface area contributed by atoms with Crippen LogP contribution in [0.15, 0.2) is 12.1 Å². The van der Waals surface area contributed by atoms with Gasteiger partial charge >= 0.3 is 0 Å². The highest BCUT2D eigenvalue weighted by atomic mass is 16.5. The third-order valence-electron chi connectivity index (χ3n) is 2.61. The predicted molar refractivity (Wildman–Crippen MR) is 64.5 cm³/mol. The lowest BCUT2D eigenvalue weighted by atomic mass is 10.0. The van der Waals surface area contributed by atoms with E-state index in [0.29, 0.717) is 0 Å². The topological polar surface area (TPSA) is 21.3 Å². The Morgan fingerprint density at radius 3 is 2.53 bits per heavy atom. The molecule has 0 amide bonds. The number of hydrogen-bond donors (Lipinski definition) is 1. The first-order valence-electron chi connectivity index (χ1n) is 5.63. The minimum Gasteiger partial charge on any atom is -0.493 e. The molecular formula is C13H21NO. The van der Waals surface area contributed by atoms with Crippen LogP contribution < -0.4 is 10.1 Å². The van der Waals surface area contributed by atoms with Crippen LogP contribution in [-0.4, -0.2) is 13.2 Å². The minimum absolute atomic E-state index is 0.726. The maximum atomic E-state index is 5.71. The molecular weight excluding hydrogens is 186 g/mol. The van der Waals surface area contributed by atoms with Crippen molar-refractivity contribution in [2.24, 2.45) is 0 Å². The van der Waals surface area contributed by atoms with Crippen LogP contribution in [-0.2, 0) is 6.54 Å². The van der Waals surface area contributed by atoms with E-state index in [1.807, 2.05) is 6.92 Å². The largest absolute Gasteiger partial charge is 0.493 e. The number of ether oxygens (including phenoxy) is 1. The van der Waals surface area contributed by atoms with Gasteiger partial charge in [0.2, 0.25) is 0 Å².